The standard InChI is InChI=1S/C15H19N3O/c1-11-4-2-6-14(11)18-15(19)13-7-9-17-10-12(13)5-3-8-16/h7,9-11,14H,2,4,6,8,16H2,1H3,(H,18,19). The molecule has 1 aliphatic rings. The van der Waals surface area contributed by atoms with Crippen LogP contribution in [0.25, 0.3) is 0 Å². The number of hydrogen-bond acceptors (Lipinski definition) is 3. The Bertz CT molecular complexity index is 516. The molecule has 1 heterocycles. The summed E-state index contributed by atoms with van der Waals surface area (Å²) in [6.45, 7) is 2.45. The molecule has 0 aromatic carbocycles. The molecule has 4 nitrogen and oxygen atoms in total. The minimum Gasteiger partial charge on any atom is -0.349 e. The number of nitrogens with one attached hydrogen (secondary N) is 1. The molecule has 2 rings (SSSR count). The van der Waals surface area contributed by atoms with E-state index in [1.807, 2.05) is 0 Å². The van der Waals surface area contributed by atoms with Crippen LogP contribution in [0.15, 0.2) is 18.5 Å². The van der Waals surface area contributed by atoms with Gasteiger partial charge >= 0.3 is 0 Å². The minimum atomic E-state index is -0.0672. The van der Waals surface area contributed by atoms with Gasteiger partial charge in [0.1, 0.15) is 0 Å². The third kappa shape index (κ3) is 3.33. The fraction of sp³-hybridized carbons (Fsp3) is 0.467. The summed E-state index contributed by atoms with van der Waals surface area (Å²) < 4.78 is 0. The first-order chi connectivity index (χ1) is 9.22. The van der Waals surface area contributed by atoms with E-state index in [0.717, 1.165) is 6.42 Å². The van der Waals surface area contributed by atoms with Crippen LogP contribution in [0.3, 0.4) is 0 Å². The monoisotopic (exact) mass is 257 g/mol. The van der Waals surface area contributed by atoms with E-state index in [9.17, 15) is 4.79 Å². The predicted molar refractivity (Wildman–Crippen MR) is 74.4 cm³/mol. The lowest BCUT2D eigenvalue weighted by Crippen LogP contribution is -2.36. The van der Waals surface area contributed by atoms with Crippen LogP contribution in [0.1, 0.15) is 42.1 Å². The first kappa shape index (κ1) is 13.6. The van der Waals surface area contributed by atoms with Gasteiger partial charge in [0, 0.05) is 18.4 Å². The number of carbonyl (C=O) groups excluding carboxylic acids is 1. The Hall–Kier alpha value is -1.86. The Morgan fingerprint density at radius 2 is 2.42 bits per heavy atom. The maximum Gasteiger partial charge on any atom is 0.252 e. The molecule has 0 spiro atoms. The van der Waals surface area contributed by atoms with Gasteiger partial charge in [0.05, 0.1) is 17.7 Å². The molecule has 3 N–H and O–H groups in total. The molecule has 1 aromatic rings. The van der Waals surface area contributed by atoms with Crippen LogP contribution in [0, 0.1) is 17.8 Å². The Kier molecular flexibility index (Phi) is 4.53. The lowest BCUT2D eigenvalue weighted by Gasteiger charge is -2.17. The normalized spacial score (nSPS) is 21.6. The first-order valence-corrected chi connectivity index (χ1v) is 6.66. The topological polar surface area (TPSA) is 68.0 Å². The quantitative estimate of drug-likeness (QED) is 0.785. The van der Waals surface area contributed by atoms with Gasteiger partial charge < -0.3 is 11.1 Å². The van der Waals surface area contributed by atoms with Crippen LogP contribution in [0.2, 0.25) is 0 Å². The number of nitrogens with zero attached hydrogens (tertiary/aromatic N) is 1. The zero-order chi connectivity index (χ0) is 13.7. The fourth-order valence-corrected chi connectivity index (χ4v) is 2.44. The average Bonchev–Trinajstić information content (AvgIpc) is 2.82. The smallest absolute Gasteiger partial charge is 0.252 e. The lowest BCUT2D eigenvalue weighted by molar-refractivity contribution is 0.0929. The molecule has 0 saturated heterocycles. The van der Waals surface area contributed by atoms with Crippen LogP contribution < -0.4 is 11.1 Å². The number of carbonyl (C=O) groups is 1. The van der Waals surface area contributed by atoms with Gasteiger partial charge in [0.15, 0.2) is 0 Å². The molecule has 0 bridgehead atoms. The highest BCUT2D eigenvalue weighted by Crippen LogP contribution is 2.25. The maximum atomic E-state index is 12.3. The van der Waals surface area contributed by atoms with Crippen molar-refractivity contribution in [2.75, 3.05) is 6.54 Å². The zero-order valence-corrected chi connectivity index (χ0v) is 11.1. The molecule has 19 heavy (non-hydrogen) atoms. The van der Waals surface area contributed by atoms with Gasteiger partial charge in [-0.15, -0.1) is 0 Å². The van der Waals surface area contributed by atoms with E-state index in [1.54, 1.807) is 18.5 Å². The van der Waals surface area contributed by atoms with Crippen LogP contribution in [0.4, 0.5) is 0 Å². The molecule has 1 aromatic heterocycles. The second kappa shape index (κ2) is 6.35. The summed E-state index contributed by atoms with van der Waals surface area (Å²) >= 11 is 0. The Labute approximate surface area is 113 Å². The molecule has 0 aliphatic heterocycles. The number of nitrogens with two attached hydrogens (primary N) is 1. The van der Waals surface area contributed by atoms with E-state index in [0.29, 0.717) is 17.0 Å². The van der Waals surface area contributed by atoms with Crippen molar-refractivity contribution in [3.8, 4) is 11.8 Å². The van der Waals surface area contributed by atoms with Gasteiger partial charge in [-0.2, -0.15) is 0 Å². The number of hydrogen-bond donors (Lipinski definition) is 2. The van der Waals surface area contributed by atoms with E-state index >= 15 is 0 Å². The molecule has 2 atom stereocenters. The first-order valence-electron chi connectivity index (χ1n) is 6.66. The second-order valence-electron chi connectivity index (χ2n) is 4.92. The summed E-state index contributed by atoms with van der Waals surface area (Å²) in [6, 6.07) is 1.98. The van der Waals surface area contributed by atoms with Crippen molar-refractivity contribution >= 4 is 5.91 Å². The Balaban J connectivity index is 2.14. The van der Waals surface area contributed by atoms with Gasteiger partial charge in [-0.05, 0) is 24.8 Å². The molecule has 4 heteroatoms. The van der Waals surface area contributed by atoms with Crippen molar-refractivity contribution in [2.24, 2.45) is 11.7 Å². The van der Waals surface area contributed by atoms with Crippen molar-refractivity contribution in [3.05, 3.63) is 29.6 Å². The van der Waals surface area contributed by atoms with Crippen molar-refractivity contribution in [1.82, 2.24) is 10.3 Å². The van der Waals surface area contributed by atoms with E-state index in [1.165, 1.54) is 12.8 Å². The van der Waals surface area contributed by atoms with Crippen LogP contribution >= 0.6 is 0 Å². The summed E-state index contributed by atoms with van der Waals surface area (Å²) in [7, 11) is 0. The second-order valence-corrected chi connectivity index (χ2v) is 4.92. The average molecular weight is 257 g/mol. The summed E-state index contributed by atoms with van der Waals surface area (Å²) in [5.74, 6) is 6.13. The molecule has 1 fully saturated rings. The van der Waals surface area contributed by atoms with E-state index in [-0.39, 0.29) is 18.5 Å². The summed E-state index contributed by atoms with van der Waals surface area (Å²) in [4.78, 5) is 16.3. The molecule has 1 saturated carbocycles. The van der Waals surface area contributed by atoms with Crippen molar-refractivity contribution in [1.29, 1.82) is 0 Å². The van der Waals surface area contributed by atoms with E-state index in [4.69, 9.17) is 5.73 Å². The van der Waals surface area contributed by atoms with Crippen molar-refractivity contribution in [2.45, 2.75) is 32.2 Å². The lowest BCUT2D eigenvalue weighted by atomic mass is 10.0. The zero-order valence-electron chi connectivity index (χ0n) is 11.1. The van der Waals surface area contributed by atoms with Crippen LogP contribution in [-0.2, 0) is 0 Å². The number of pyridine rings is 1. The largest absolute Gasteiger partial charge is 0.349 e. The highest BCUT2D eigenvalue weighted by molar-refractivity contribution is 5.96. The van der Waals surface area contributed by atoms with Gasteiger partial charge in [-0.1, -0.05) is 25.2 Å². The van der Waals surface area contributed by atoms with E-state index in [2.05, 4.69) is 29.1 Å². The third-order valence-electron chi connectivity index (χ3n) is 3.57. The minimum absolute atomic E-state index is 0.0672. The number of rotatable bonds is 2. The highest BCUT2D eigenvalue weighted by Gasteiger charge is 2.25. The predicted octanol–water partition coefficient (Wildman–Crippen LogP) is 1.31. The molecule has 0 radical (unpaired) electrons. The number of amides is 1. The van der Waals surface area contributed by atoms with Gasteiger partial charge in [0.25, 0.3) is 5.91 Å². The Morgan fingerprint density at radius 1 is 1.58 bits per heavy atom. The maximum absolute atomic E-state index is 12.3. The Morgan fingerprint density at radius 3 is 3.11 bits per heavy atom. The highest BCUT2D eigenvalue weighted by atomic mass is 16.1. The summed E-state index contributed by atoms with van der Waals surface area (Å²) in [5.41, 5.74) is 6.57. The third-order valence-corrected chi connectivity index (χ3v) is 3.57. The van der Waals surface area contributed by atoms with Gasteiger partial charge in [0.2, 0.25) is 0 Å². The fourth-order valence-electron chi connectivity index (χ4n) is 2.44. The van der Waals surface area contributed by atoms with Crippen molar-refractivity contribution in [3.63, 3.8) is 0 Å². The molecular formula is C15H19N3O. The van der Waals surface area contributed by atoms with Gasteiger partial charge in [-0.25, -0.2) is 0 Å². The van der Waals surface area contributed by atoms with Crippen LogP contribution in [0.5, 0.6) is 0 Å². The SMILES string of the molecule is CC1CCCC1NC(=O)c1ccncc1C#CCN. The molecule has 100 valence electrons. The summed E-state index contributed by atoms with van der Waals surface area (Å²) in [6.07, 6.45) is 6.64. The molecular weight excluding hydrogens is 238 g/mol. The number of aromatic nitrogens is 1. The summed E-state index contributed by atoms with van der Waals surface area (Å²) in [5, 5.41) is 3.10. The molecule has 1 amide bonds. The molecule has 2 unspecified atom stereocenters. The van der Waals surface area contributed by atoms with Crippen molar-refractivity contribution < 1.29 is 4.79 Å². The van der Waals surface area contributed by atoms with E-state index < -0.39 is 0 Å². The van der Waals surface area contributed by atoms with Crippen LogP contribution in [-0.4, -0.2) is 23.5 Å². The van der Waals surface area contributed by atoms with Gasteiger partial charge in [-0.3, -0.25) is 9.78 Å². The molecule has 1 aliphatic carbocycles.